The molecule has 1 fully saturated rings. The maximum absolute atomic E-state index is 15.0. The van der Waals surface area contributed by atoms with Crippen LogP contribution in [0.1, 0.15) is 88.8 Å². The molecule has 4 rings (SSSR count). The lowest BCUT2D eigenvalue weighted by Gasteiger charge is -2.43. The molecule has 0 bridgehead atoms. The Morgan fingerprint density at radius 3 is 2.35 bits per heavy atom. The molecule has 1 atom stereocenters. The molecule has 2 amide bonds. The third kappa shape index (κ3) is 4.59. The van der Waals surface area contributed by atoms with Gasteiger partial charge in [0.1, 0.15) is 22.9 Å². The highest BCUT2D eigenvalue weighted by atomic mass is 19.1. The van der Waals surface area contributed by atoms with Gasteiger partial charge in [0.25, 0.3) is 5.91 Å². The number of carbonyl (C=O) groups excluding carboxylic acids is 2. The Labute approximate surface area is 199 Å². The van der Waals surface area contributed by atoms with Crippen LogP contribution in [-0.4, -0.2) is 33.2 Å². The van der Waals surface area contributed by atoms with Crippen molar-refractivity contribution in [2.24, 2.45) is 0 Å². The van der Waals surface area contributed by atoms with Crippen molar-refractivity contribution in [3.8, 4) is 0 Å². The molecule has 1 aliphatic heterocycles. The first-order valence-electron chi connectivity index (χ1n) is 12.2. The third-order valence-electron chi connectivity index (χ3n) is 7.00. The van der Waals surface area contributed by atoms with Crippen molar-refractivity contribution in [3.63, 3.8) is 0 Å². The van der Waals surface area contributed by atoms with E-state index in [9.17, 15) is 18.4 Å². The van der Waals surface area contributed by atoms with Gasteiger partial charge in [0, 0.05) is 17.5 Å². The number of nitrogens with zero attached hydrogens (tertiary/aromatic N) is 3. The van der Waals surface area contributed by atoms with Gasteiger partial charge in [0.2, 0.25) is 5.91 Å². The predicted molar refractivity (Wildman–Crippen MR) is 127 cm³/mol. The molecule has 0 saturated heterocycles. The number of amides is 2. The van der Waals surface area contributed by atoms with Gasteiger partial charge in [-0.3, -0.25) is 19.2 Å². The molecule has 184 valence electrons. The molecule has 1 aromatic carbocycles. The number of halogens is 2. The summed E-state index contributed by atoms with van der Waals surface area (Å²) in [6.45, 7) is 7.67. The second-order valence-corrected chi connectivity index (χ2v) is 10.8. The smallest absolute Gasteiger partial charge is 0.277 e. The molecule has 1 aliphatic carbocycles. The number of nitrogens with one attached hydrogen (secondary N) is 1. The van der Waals surface area contributed by atoms with E-state index in [1.54, 1.807) is 17.7 Å². The summed E-state index contributed by atoms with van der Waals surface area (Å²) in [6, 6.07) is 4.76. The fraction of sp³-hybridized carbons (Fsp3) is 0.577. The minimum Gasteiger partial charge on any atom is -0.351 e. The fourth-order valence-electron chi connectivity index (χ4n) is 4.93. The Balaban J connectivity index is 1.76. The van der Waals surface area contributed by atoms with Gasteiger partial charge in [-0.25, -0.2) is 8.78 Å². The summed E-state index contributed by atoms with van der Waals surface area (Å²) >= 11 is 0. The first kappa shape index (κ1) is 24.4. The van der Waals surface area contributed by atoms with Crippen LogP contribution in [-0.2, 0) is 16.8 Å². The average Bonchev–Trinajstić information content (AvgIpc) is 3.16. The molecule has 1 aromatic heterocycles. The van der Waals surface area contributed by atoms with Gasteiger partial charge in [-0.2, -0.15) is 5.10 Å². The molecular formula is C26H34F2N4O2. The van der Waals surface area contributed by atoms with E-state index >= 15 is 0 Å². The minimum absolute atomic E-state index is 0.00352. The number of fused-ring (bicyclic) bond motifs is 1. The Hall–Kier alpha value is -2.77. The van der Waals surface area contributed by atoms with Crippen molar-refractivity contribution >= 4 is 17.5 Å². The van der Waals surface area contributed by atoms with Crippen LogP contribution in [0.15, 0.2) is 24.3 Å². The molecule has 0 spiro atoms. The summed E-state index contributed by atoms with van der Waals surface area (Å²) in [5.41, 5.74) is -0.878. The molecule has 34 heavy (non-hydrogen) atoms. The first-order chi connectivity index (χ1) is 16.0. The maximum atomic E-state index is 15.0. The van der Waals surface area contributed by atoms with Crippen LogP contribution in [0.3, 0.4) is 0 Å². The molecule has 8 heteroatoms. The quantitative estimate of drug-likeness (QED) is 0.675. The summed E-state index contributed by atoms with van der Waals surface area (Å²) < 4.78 is 30.2. The van der Waals surface area contributed by atoms with Crippen molar-refractivity contribution in [3.05, 3.63) is 47.3 Å². The van der Waals surface area contributed by atoms with Gasteiger partial charge >= 0.3 is 0 Å². The third-order valence-corrected chi connectivity index (χ3v) is 7.00. The van der Waals surface area contributed by atoms with Gasteiger partial charge in [-0.1, -0.05) is 52.9 Å². The van der Waals surface area contributed by atoms with Crippen LogP contribution in [0.25, 0.3) is 0 Å². The number of carbonyl (C=O) groups is 2. The van der Waals surface area contributed by atoms with E-state index in [0.717, 1.165) is 50.7 Å². The van der Waals surface area contributed by atoms with Crippen LogP contribution >= 0.6 is 0 Å². The topological polar surface area (TPSA) is 67.2 Å². The largest absolute Gasteiger partial charge is 0.351 e. The molecule has 2 heterocycles. The monoisotopic (exact) mass is 472 g/mol. The van der Waals surface area contributed by atoms with E-state index in [4.69, 9.17) is 0 Å². The number of hydrogen-bond donors (Lipinski definition) is 1. The van der Waals surface area contributed by atoms with Crippen molar-refractivity contribution < 1.29 is 18.4 Å². The van der Waals surface area contributed by atoms with Crippen LogP contribution in [0, 0.1) is 11.6 Å². The van der Waals surface area contributed by atoms with Crippen molar-refractivity contribution in [2.75, 3.05) is 4.90 Å². The van der Waals surface area contributed by atoms with Gasteiger partial charge in [0.15, 0.2) is 0 Å². The fourth-order valence-corrected chi connectivity index (χ4v) is 4.93. The van der Waals surface area contributed by atoms with E-state index < -0.39 is 23.1 Å². The number of hydrogen-bond acceptors (Lipinski definition) is 3. The van der Waals surface area contributed by atoms with E-state index in [1.165, 1.54) is 17.4 Å². The van der Waals surface area contributed by atoms with Crippen LogP contribution < -0.4 is 10.2 Å². The van der Waals surface area contributed by atoms with Gasteiger partial charge in [-0.15, -0.1) is 0 Å². The van der Waals surface area contributed by atoms with Gasteiger partial charge < -0.3 is 5.32 Å². The Bertz CT molecular complexity index is 1080. The number of anilines is 1. The number of aromatic nitrogens is 2. The molecule has 0 radical (unpaired) electrons. The summed E-state index contributed by atoms with van der Waals surface area (Å²) in [4.78, 5) is 28.7. The molecule has 6 nitrogen and oxygen atoms in total. The Morgan fingerprint density at radius 1 is 1.09 bits per heavy atom. The maximum Gasteiger partial charge on any atom is 0.277 e. The number of rotatable bonds is 3. The number of benzene rings is 1. The Morgan fingerprint density at radius 2 is 1.74 bits per heavy atom. The van der Waals surface area contributed by atoms with E-state index in [2.05, 4.69) is 10.4 Å². The summed E-state index contributed by atoms with van der Waals surface area (Å²) in [5.74, 6) is -2.52. The highest BCUT2D eigenvalue weighted by molar-refractivity contribution is 6.12. The zero-order chi connectivity index (χ0) is 24.7. The van der Waals surface area contributed by atoms with Crippen LogP contribution in [0.4, 0.5) is 14.5 Å². The highest BCUT2D eigenvalue weighted by Gasteiger charge is 2.50. The Kier molecular flexibility index (Phi) is 6.53. The lowest BCUT2D eigenvalue weighted by molar-refractivity contribution is -0.127. The SMILES string of the molecule is CC(C)(C)c1cc2n(n1)CC(C)(C(=O)NC1CCCCCCC1)N(c1ccc(F)cc1F)C2=O. The minimum atomic E-state index is -1.44. The van der Waals surface area contributed by atoms with Crippen molar-refractivity contribution in [2.45, 2.75) is 96.2 Å². The normalized spacial score (nSPS) is 22.2. The summed E-state index contributed by atoms with van der Waals surface area (Å²) in [5, 5.41) is 7.77. The van der Waals surface area contributed by atoms with Gasteiger partial charge in [0.05, 0.1) is 17.9 Å². The molecule has 1 saturated carbocycles. The van der Waals surface area contributed by atoms with Gasteiger partial charge in [-0.05, 0) is 38.0 Å². The van der Waals surface area contributed by atoms with E-state index in [1.807, 2.05) is 20.8 Å². The lowest BCUT2D eigenvalue weighted by atomic mass is 9.90. The standard InChI is InChI=1S/C26H34F2N4O2/c1-25(2,3)22-15-21-23(33)32(20-13-12-17(27)14-19(20)28)26(4,16-31(21)30-22)24(34)29-18-10-8-6-5-7-9-11-18/h12-15,18H,5-11,16H2,1-4H3,(H,29,34). The van der Waals surface area contributed by atoms with Crippen molar-refractivity contribution in [1.82, 2.24) is 15.1 Å². The van der Waals surface area contributed by atoms with Crippen LogP contribution in [0.5, 0.6) is 0 Å². The first-order valence-corrected chi connectivity index (χ1v) is 12.2. The van der Waals surface area contributed by atoms with Crippen LogP contribution in [0.2, 0.25) is 0 Å². The zero-order valence-electron chi connectivity index (χ0n) is 20.5. The zero-order valence-corrected chi connectivity index (χ0v) is 20.5. The predicted octanol–water partition coefficient (Wildman–Crippen LogP) is 5.11. The molecule has 2 aromatic rings. The summed E-state index contributed by atoms with van der Waals surface area (Å²) in [7, 11) is 0. The molecule has 1 unspecified atom stereocenters. The molecule has 1 N–H and O–H groups in total. The van der Waals surface area contributed by atoms with E-state index in [0.29, 0.717) is 5.69 Å². The lowest BCUT2D eigenvalue weighted by Crippen LogP contribution is -2.65. The van der Waals surface area contributed by atoms with Crippen molar-refractivity contribution in [1.29, 1.82) is 0 Å². The average molecular weight is 473 g/mol. The molecule has 2 aliphatic rings. The summed E-state index contributed by atoms with van der Waals surface area (Å²) in [6.07, 6.45) is 7.32. The second-order valence-electron chi connectivity index (χ2n) is 10.8. The van der Waals surface area contributed by atoms with E-state index in [-0.39, 0.29) is 35.3 Å². The second kappa shape index (κ2) is 9.12. The highest BCUT2D eigenvalue weighted by Crippen LogP contribution is 2.36. The molecular weight excluding hydrogens is 438 g/mol.